The van der Waals surface area contributed by atoms with E-state index in [2.05, 4.69) is 15.1 Å². The number of benzene rings is 1. The zero-order chi connectivity index (χ0) is 17.6. The minimum atomic E-state index is -0.255. The highest BCUT2D eigenvalue weighted by molar-refractivity contribution is 5.76. The molecule has 1 aliphatic heterocycles. The van der Waals surface area contributed by atoms with Crippen LogP contribution in [0.2, 0.25) is 0 Å². The highest BCUT2D eigenvalue weighted by atomic mass is 19.1. The summed E-state index contributed by atoms with van der Waals surface area (Å²) in [6.45, 7) is 4.96. The third kappa shape index (κ3) is 4.75. The molecular weight excluding hydrogens is 319 g/mol. The Bertz CT molecular complexity index is 720. The van der Waals surface area contributed by atoms with E-state index in [1.54, 1.807) is 6.07 Å². The fourth-order valence-electron chi connectivity index (χ4n) is 3.06. The number of hydrogen-bond acceptors (Lipinski definition) is 4. The Kier molecular flexibility index (Phi) is 5.58. The van der Waals surface area contributed by atoms with Crippen molar-refractivity contribution in [3.05, 3.63) is 53.5 Å². The monoisotopic (exact) mass is 342 g/mol. The molecule has 1 aromatic heterocycles. The minimum absolute atomic E-state index is 0.126. The smallest absolute Gasteiger partial charge is 0.222 e. The van der Waals surface area contributed by atoms with Crippen molar-refractivity contribution in [1.29, 1.82) is 0 Å². The van der Waals surface area contributed by atoms with Gasteiger partial charge in [0.1, 0.15) is 5.82 Å². The standard InChI is InChI=1S/C19H23FN4O/c1-15-6-8-18(22-21-15)23-10-3-11-24(13-12-23)19(25)9-7-16-4-2-5-17(20)14-16/h2,4-6,8,14H,3,7,9-13H2,1H3. The second-order valence-electron chi connectivity index (χ2n) is 6.38. The maximum atomic E-state index is 13.2. The van der Waals surface area contributed by atoms with Crippen molar-refractivity contribution in [2.75, 3.05) is 31.1 Å². The second-order valence-corrected chi connectivity index (χ2v) is 6.38. The van der Waals surface area contributed by atoms with Gasteiger partial charge in [-0.1, -0.05) is 12.1 Å². The first-order valence-electron chi connectivity index (χ1n) is 8.69. The SMILES string of the molecule is Cc1ccc(N2CCCN(C(=O)CCc3cccc(F)c3)CC2)nn1. The zero-order valence-corrected chi connectivity index (χ0v) is 14.5. The Labute approximate surface area is 147 Å². The lowest BCUT2D eigenvalue weighted by Crippen LogP contribution is -2.35. The van der Waals surface area contributed by atoms with Gasteiger partial charge >= 0.3 is 0 Å². The molecule has 1 saturated heterocycles. The first-order chi connectivity index (χ1) is 12.1. The predicted octanol–water partition coefficient (Wildman–Crippen LogP) is 2.60. The molecule has 132 valence electrons. The lowest BCUT2D eigenvalue weighted by atomic mass is 10.1. The molecule has 1 aromatic carbocycles. The van der Waals surface area contributed by atoms with E-state index in [0.717, 1.165) is 43.1 Å². The van der Waals surface area contributed by atoms with Crippen molar-refractivity contribution in [2.24, 2.45) is 0 Å². The highest BCUT2D eigenvalue weighted by Crippen LogP contribution is 2.14. The van der Waals surface area contributed by atoms with Gasteiger partial charge in [0, 0.05) is 32.6 Å². The molecule has 1 fully saturated rings. The summed E-state index contributed by atoms with van der Waals surface area (Å²) in [6.07, 6.45) is 1.88. The van der Waals surface area contributed by atoms with Crippen molar-refractivity contribution in [3.8, 4) is 0 Å². The summed E-state index contributed by atoms with van der Waals surface area (Å²) >= 11 is 0. The largest absolute Gasteiger partial charge is 0.353 e. The van der Waals surface area contributed by atoms with Gasteiger partial charge in [-0.25, -0.2) is 4.39 Å². The van der Waals surface area contributed by atoms with E-state index < -0.39 is 0 Å². The Morgan fingerprint density at radius 3 is 2.76 bits per heavy atom. The van der Waals surface area contributed by atoms with Crippen LogP contribution in [0.25, 0.3) is 0 Å². The molecule has 0 radical (unpaired) electrons. The van der Waals surface area contributed by atoms with Crippen molar-refractivity contribution in [1.82, 2.24) is 15.1 Å². The van der Waals surface area contributed by atoms with Gasteiger partial charge in [-0.15, -0.1) is 5.10 Å². The molecule has 0 atom stereocenters. The number of aryl methyl sites for hydroxylation is 2. The van der Waals surface area contributed by atoms with Gasteiger partial charge in [0.25, 0.3) is 0 Å². The van der Waals surface area contributed by atoms with Gasteiger partial charge in [-0.3, -0.25) is 4.79 Å². The summed E-state index contributed by atoms with van der Waals surface area (Å²) in [5.74, 6) is 0.732. The maximum absolute atomic E-state index is 13.2. The van der Waals surface area contributed by atoms with E-state index in [-0.39, 0.29) is 11.7 Å². The van der Waals surface area contributed by atoms with Crippen LogP contribution in [0.1, 0.15) is 24.1 Å². The molecule has 25 heavy (non-hydrogen) atoms. The average molecular weight is 342 g/mol. The van der Waals surface area contributed by atoms with Crippen LogP contribution in [0.5, 0.6) is 0 Å². The zero-order valence-electron chi connectivity index (χ0n) is 14.5. The molecule has 0 aliphatic carbocycles. The van der Waals surface area contributed by atoms with Gasteiger partial charge in [0.05, 0.1) is 5.69 Å². The molecule has 0 bridgehead atoms. The van der Waals surface area contributed by atoms with Crippen LogP contribution in [0.3, 0.4) is 0 Å². The van der Waals surface area contributed by atoms with E-state index in [9.17, 15) is 9.18 Å². The van der Waals surface area contributed by atoms with Crippen molar-refractivity contribution in [3.63, 3.8) is 0 Å². The topological polar surface area (TPSA) is 49.3 Å². The fourth-order valence-corrected chi connectivity index (χ4v) is 3.06. The third-order valence-corrected chi connectivity index (χ3v) is 4.47. The third-order valence-electron chi connectivity index (χ3n) is 4.47. The van der Waals surface area contributed by atoms with E-state index in [0.29, 0.717) is 19.4 Å². The summed E-state index contributed by atoms with van der Waals surface area (Å²) < 4.78 is 13.2. The van der Waals surface area contributed by atoms with Crippen molar-refractivity contribution < 1.29 is 9.18 Å². The Morgan fingerprint density at radius 2 is 2.00 bits per heavy atom. The van der Waals surface area contributed by atoms with Crippen LogP contribution in [0.15, 0.2) is 36.4 Å². The molecule has 1 amide bonds. The van der Waals surface area contributed by atoms with Crippen LogP contribution in [0, 0.1) is 12.7 Å². The molecular formula is C19H23FN4O. The molecule has 6 heteroatoms. The number of halogens is 1. The van der Waals surface area contributed by atoms with E-state index in [1.165, 1.54) is 12.1 Å². The molecule has 2 heterocycles. The summed E-state index contributed by atoms with van der Waals surface area (Å²) in [4.78, 5) is 16.6. The summed E-state index contributed by atoms with van der Waals surface area (Å²) in [5, 5.41) is 8.34. The summed E-state index contributed by atoms with van der Waals surface area (Å²) in [7, 11) is 0. The van der Waals surface area contributed by atoms with E-state index in [4.69, 9.17) is 0 Å². The van der Waals surface area contributed by atoms with Gasteiger partial charge < -0.3 is 9.80 Å². The van der Waals surface area contributed by atoms with Crippen LogP contribution < -0.4 is 4.90 Å². The van der Waals surface area contributed by atoms with E-state index in [1.807, 2.05) is 30.0 Å². The van der Waals surface area contributed by atoms with Crippen LogP contribution in [-0.2, 0) is 11.2 Å². The van der Waals surface area contributed by atoms with Crippen LogP contribution >= 0.6 is 0 Å². The molecule has 0 spiro atoms. The first-order valence-corrected chi connectivity index (χ1v) is 8.69. The normalized spacial score (nSPS) is 15.1. The number of rotatable bonds is 4. The molecule has 2 aromatic rings. The summed E-state index contributed by atoms with van der Waals surface area (Å²) in [5.41, 5.74) is 1.76. The number of anilines is 1. The Morgan fingerprint density at radius 1 is 1.12 bits per heavy atom. The second kappa shape index (κ2) is 8.05. The molecule has 0 saturated carbocycles. The molecule has 3 rings (SSSR count). The molecule has 5 nitrogen and oxygen atoms in total. The Hall–Kier alpha value is -2.50. The Balaban J connectivity index is 1.53. The summed E-state index contributed by atoms with van der Waals surface area (Å²) in [6, 6.07) is 10.4. The van der Waals surface area contributed by atoms with Gasteiger partial charge in [0.15, 0.2) is 5.82 Å². The van der Waals surface area contributed by atoms with Gasteiger partial charge in [-0.05, 0) is 49.6 Å². The number of nitrogens with zero attached hydrogens (tertiary/aromatic N) is 4. The van der Waals surface area contributed by atoms with Crippen molar-refractivity contribution >= 4 is 11.7 Å². The highest BCUT2D eigenvalue weighted by Gasteiger charge is 2.19. The lowest BCUT2D eigenvalue weighted by molar-refractivity contribution is -0.130. The number of hydrogen-bond donors (Lipinski definition) is 0. The average Bonchev–Trinajstić information content (AvgIpc) is 2.87. The van der Waals surface area contributed by atoms with Crippen LogP contribution in [0.4, 0.5) is 10.2 Å². The molecule has 1 aliphatic rings. The first kappa shape index (κ1) is 17.3. The quantitative estimate of drug-likeness (QED) is 0.857. The molecule has 0 N–H and O–H groups in total. The van der Waals surface area contributed by atoms with E-state index >= 15 is 0 Å². The number of carbonyl (C=O) groups is 1. The van der Waals surface area contributed by atoms with Gasteiger partial charge in [-0.2, -0.15) is 5.10 Å². The van der Waals surface area contributed by atoms with Crippen molar-refractivity contribution in [2.45, 2.75) is 26.2 Å². The number of amides is 1. The maximum Gasteiger partial charge on any atom is 0.222 e. The number of aromatic nitrogens is 2. The minimum Gasteiger partial charge on any atom is -0.353 e. The fraction of sp³-hybridized carbons (Fsp3) is 0.421. The predicted molar refractivity (Wildman–Crippen MR) is 94.9 cm³/mol. The number of carbonyl (C=O) groups excluding carboxylic acids is 1. The van der Waals surface area contributed by atoms with Crippen LogP contribution in [-0.4, -0.2) is 47.2 Å². The van der Waals surface area contributed by atoms with Gasteiger partial charge in [0.2, 0.25) is 5.91 Å². The molecule has 0 unspecified atom stereocenters. The lowest BCUT2D eigenvalue weighted by Gasteiger charge is -2.22.